The van der Waals surface area contributed by atoms with Crippen LogP contribution < -0.4 is 0 Å². The zero-order chi connectivity index (χ0) is 26.1. The van der Waals surface area contributed by atoms with Crippen LogP contribution in [0.2, 0.25) is 20.3 Å². The Morgan fingerprint density at radius 3 is 2.03 bits per heavy atom. The summed E-state index contributed by atoms with van der Waals surface area (Å²) >= 11 is -0.605. The third kappa shape index (κ3) is 4.80. The summed E-state index contributed by atoms with van der Waals surface area (Å²) in [7, 11) is 0.543. The maximum atomic E-state index is 2.55. The number of benzene rings is 4. The third-order valence-corrected chi connectivity index (χ3v) is 14.2. The van der Waals surface area contributed by atoms with E-state index in [4.69, 9.17) is 0 Å². The van der Waals surface area contributed by atoms with Crippen molar-refractivity contribution in [2.75, 3.05) is 0 Å². The van der Waals surface area contributed by atoms with Crippen molar-refractivity contribution < 1.29 is 23.2 Å². The summed E-state index contributed by atoms with van der Waals surface area (Å²) in [6.07, 6.45) is 8.10. The first kappa shape index (κ1) is 26.0. The maximum absolute atomic E-state index is 2.55. The van der Waals surface area contributed by atoms with Gasteiger partial charge in [0.15, 0.2) is 0 Å². The van der Waals surface area contributed by atoms with Gasteiger partial charge in [-0.3, -0.25) is 0 Å². The molecule has 0 saturated carbocycles. The van der Waals surface area contributed by atoms with E-state index in [0.717, 1.165) is 3.63 Å². The van der Waals surface area contributed by atoms with Gasteiger partial charge >= 0.3 is 210 Å². The molecule has 2 aliphatic carbocycles. The van der Waals surface area contributed by atoms with Gasteiger partial charge in [-0.2, -0.15) is 0 Å². The molecule has 3 unspecified atom stereocenters. The van der Waals surface area contributed by atoms with Crippen LogP contribution in [0.1, 0.15) is 60.8 Å². The van der Waals surface area contributed by atoms with E-state index < -0.39 is 23.2 Å². The van der Waals surface area contributed by atoms with Gasteiger partial charge in [-0.15, -0.1) is 0 Å². The second-order valence-electron chi connectivity index (χ2n) is 11.3. The van der Waals surface area contributed by atoms with Crippen LogP contribution in [0, 0.1) is 0 Å². The Hall–Kier alpha value is -2.28. The van der Waals surface area contributed by atoms with Gasteiger partial charge in [0.1, 0.15) is 0 Å². The van der Waals surface area contributed by atoms with Gasteiger partial charge in [0.05, 0.1) is 0 Å². The van der Waals surface area contributed by atoms with E-state index in [1.807, 2.05) is 0 Å². The van der Waals surface area contributed by atoms with Crippen LogP contribution in [-0.2, 0) is 23.2 Å². The van der Waals surface area contributed by atoms with Gasteiger partial charge in [-0.05, 0) is 0 Å². The molecule has 1 aliphatic heterocycles. The first-order chi connectivity index (χ1) is 18.7. The minimum atomic E-state index is -0.605. The molecule has 0 amide bonds. The van der Waals surface area contributed by atoms with Crippen LogP contribution in [0.4, 0.5) is 0 Å². The number of hydrogen-bond acceptors (Lipinski definition) is 0. The summed E-state index contributed by atoms with van der Waals surface area (Å²) in [6.45, 7) is 4.74. The Kier molecular flexibility index (Phi) is 7.82. The Labute approximate surface area is 242 Å². The predicted molar refractivity (Wildman–Crippen MR) is 166 cm³/mol. The van der Waals surface area contributed by atoms with Gasteiger partial charge < -0.3 is 0 Å². The van der Waals surface area contributed by atoms with Crippen LogP contribution >= 0.6 is 0 Å². The van der Waals surface area contributed by atoms with Crippen LogP contribution in [0.15, 0.2) is 96.1 Å². The summed E-state index contributed by atoms with van der Waals surface area (Å²) < 4.78 is 3.27. The first-order valence-electron chi connectivity index (χ1n) is 14.4. The zero-order valence-electron chi connectivity index (χ0n) is 23.0. The second kappa shape index (κ2) is 11.4. The van der Waals surface area contributed by atoms with Gasteiger partial charge in [-0.1, -0.05) is 24.9 Å². The molecular weight excluding hydrogens is 552 g/mol. The standard InChI is InChI=1S/C31H25.C4H10Si.CH3.Zr/c1-20-17-30-25(22-9-4-3-5-10-22)13-8-14-26(30)28(20)19-29-21(2)18-31-24-12-7-6-11-23(24)15-16-27(29)31;1-2-4-5-3-1;;/h3-19,28-29H,1-2H3;1-5H2;1H3;. The Morgan fingerprint density at radius 2 is 1.34 bits per heavy atom. The quantitative estimate of drug-likeness (QED) is 0.208. The summed E-state index contributed by atoms with van der Waals surface area (Å²) in [6, 6.07) is 34.8. The van der Waals surface area contributed by atoms with E-state index in [0.29, 0.717) is 21.4 Å². The molecular formula is C36H38SiZr. The fraction of sp³-hybridized carbons (Fsp3) is 0.278. The van der Waals surface area contributed by atoms with Crippen molar-refractivity contribution in [2.24, 2.45) is 0 Å². The molecule has 7 rings (SSSR count). The SMILES string of the molecule is C1CC[SiH2]C1.[CH3][Zr][CH](C1C(C)=Cc2c(-c3ccccc3)cccc21)C1C(C)=Cc2c1ccc1ccccc21. The monoisotopic (exact) mass is 588 g/mol. The fourth-order valence-electron chi connectivity index (χ4n) is 7.12. The van der Waals surface area contributed by atoms with E-state index in [1.165, 1.54) is 33.0 Å². The van der Waals surface area contributed by atoms with Crippen molar-refractivity contribution in [3.63, 3.8) is 0 Å². The van der Waals surface area contributed by atoms with Crippen LogP contribution in [0.25, 0.3) is 34.1 Å². The number of rotatable bonds is 4. The second-order valence-corrected chi connectivity index (χ2v) is 16.5. The molecule has 0 radical (unpaired) electrons. The minimum absolute atomic E-state index is 0.533. The first-order valence-corrected chi connectivity index (χ1v) is 20.3. The van der Waals surface area contributed by atoms with Crippen LogP contribution in [0.3, 0.4) is 0 Å². The van der Waals surface area contributed by atoms with Crippen molar-refractivity contribution in [2.45, 2.75) is 58.9 Å². The van der Waals surface area contributed by atoms with E-state index in [-0.39, 0.29) is 0 Å². The van der Waals surface area contributed by atoms with Crippen LogP contribution in [-0.4, -0.2) is 9.52 Å². The summed E-state index contributed by atoms with van der Waals surface area (Å²) in [4.78, 5) is 0. The molecule has 0 N–H and O–H groups in total. The Morgan fingerprint density at radius 1 is 0.684 bits per heavy atom. The van der Waals surface area contributed by atoms with E-state index in [9.17, 15) is 0 Å². The molecule has 1 fully saturated rings. The number of fused-ring (bicyclic) bond motifs is 4. The topological polar surface area (TPSA) is 0 Å². The van der Waals surface area contributed by atoms with E-state index >= 15 is 0 Å². The van der Waals surface area contributed by atoms with Gasteiger partial charge in [0.25, 0.3) is 0 Å². The van der Waals surface area contributed by atoms with Crippen LogP contribution in [0.5, 0.6) is 0 Å². The van der Waals surface area contributed by atoms with Gasteiger partial charge in [-0.25, -0.2) is 0 Å². The van der Waals surface area contributed by atoms with Crippen molar-refractivity contribution in [3.8, 4) is 11.1 Å². The number of allylic oxidation sites excluding steroid dienone is 2. The van der Waals surface area contributed by atoms with Crippen molar-refractivity contribution in [1.82, 2.24) is 0 Å². The van der Waals surface area contributed by atoms with Crippen molar-refractivity contribution in [3.05, 3.63) is 118 Å². The molecule has 190 valence electrons. The third-order valence-electron chi connectivity index (χ3n) is 8.93. The van der Waals surface area contributed by atoms with Crippen molar-refractivity contribution in [1.29, 1.82) is 0 Å². The molecule has 2 heteroatoms. The normalized spacial score (nSPS) is 20.2. The molecule has 0 spiro atoms. The molecule has 0 aromatic heterocycles. The molecule has 0 bridgehead atoms. The summed E-state index contributed by atoms with van der Waals surface area (Å²) in [5, 5.41) is 2.76. The van der Waals surface area contributed by atoms with Crippen molar-refractivity contribution >= 4 is 32.4 Å². The van der Waals surface area contributed by atoms with Gasteiger partial charge in [0.2, 0.25) is 0 Å². The average molecular weight is 590 g/mol. The summed E-state index contributed by atoms with van der Waals surface area (Å²) in [5.74, 6) is 1.08. The summed E-state index contributed by atoms with van der Waals surface area (Å²) in [5.41, 5.74) is 11.8. The van der Waals surface area contributed by atoms with E-state index in [1.54, 1.807) is 47.2 Å². The molecule has 38 heavy (non-hydrogen) atoms. The molecule has 3 aliphatic rings. The van der Waals surface area contributed by atoms with E-state index in [2.05, 4.69) is 116 Å². The molecule has 4 aromatic rings. The predicted octanol–water partition coefficient (Wildman–Crippen LogP) is 9.91. The molecule has 1 heterocycles. The number of hydrogen-bond donors (Lipinski definition) is 0. The molecule has 4 aromatic carbocycles. The Balaban J connectivity index is 0.000000476. The zero-order valence-corrected chi connectivity index (χ0v) is 26.9. The molecule has 3 atom stereocenters. The molecule has 1 saturated heterocycles. The average Bonchev–Trinajstić information content (AvgIpc) is 3.71. The van der Waals surface area contributed by atoms with Gasteiger partial charge in [0, 0.05) is 9.52 Å². The Bertz CT molecular complexity index is 1500. The molecule has 0 nitrogen and oxygen atoms in total. The fourth-order valence-corrected chi connectivity index (χ4v) is 12.7.